The van der Waals surface area contributed by atoms with Gasteiger partial charge in [-0.15, -0.1) is 11.3 Å². The van der Waals surface area contributed by atoms with Gasteiger partial charge < -0.3 is 9.64 Å². The van der Waals surface area contributed by atoms with Crippen LogP contribution in [0.3, 0.4) is 0 Å². The molecule has 3 heterocycles. The Morgan fingerprint density at radius 2 is 1.81 bits per heavy atom. The highest BCUT2D eigenvalue weighted by atomic mass is 32.1. The lowest BCUT2D eigenvalue weighted by atomic mass is 10.1. The first-order valence-corrected chi connectivity index (χ1v) is 10.9. The van der Waals surface area contributed by atoms with Gasteiger partial charge in [-0.3, -0.25) is 9.69 Å². The molecule has 2 aromatic carbocycles. The number of para-hydroxylation sites is 2. The van der Waals surface area contributed by atoms with E-state index in [1.807, 2.05) is 60.6 Å². The van der Waals surface area contributed by atoms with Gasteiger partial charge in [0.05, 0.1) is 21.7 Å². The molecule has 5 rings (SSSR count). The minimum atomic E-state index is -0.117. The van der Waals surface area contributed by atoms with E-state index in [0.29, 0.717) is 42.6 Å². The van der Waals surface area contributed by atoms with E-state index < -0.39 is 0 Å². The van der Waals surface area contributed by atoms with Gasteiger partial charge >= 0.3 is 0 Å². The molecule has 1 aliphatic rings. The summed E-state index contributed by atoms with van der Waals surface area (Å²) in [6.45, 7) is 3.56. The van der Waals surface area contributed by atoms with E-state index in [1.54, 1.807) is 28.4 Å². The number of benzene rings is 2. The van der Waals surface area contributed by atoms with Gasteiger partial charge in [-0.2, -0.15) is 0 Å². The summed E-state index contributed by atoms with van der Waals surface area (Å²) >= 11 is 1.59. The van der Waals surface area contributed by atoms with Crippen LogP contribution in [-0.2, 0) is 6.61 Å². The molecular weight excluding hydrogens is 410 g/mol. The molecule has 7 nitrogen and oxygen atoms in total. The molecule has 0 saturated carbocycles. The van der Waals surface area contributed by atoms with Crippen LogP contribution in [0, 0.1) is 6.92 Å². The zero-order valence-corrected chi connectivity index (χ0v) is 18.1. The molecule has 0 fully saturated rings. The first kappa shape index (κ1) is 19.4. The quantitative estimate of drug-likeness (QED) is 0.485. The largest absolute Gasteiger partial charge is 0.487 e. The number of amides is 1. The molecule has 8 heteroatoms. The molecule has 0 saturated heterocycles. The highest BCUT2D eigenvalue weighted by Crippen LogP contribution is 2.32. The van der Waals surface area contributed by atoms with Crippen molar-refractivity contribution in [3.63, 3.8) is 0 Å². The number of carbonyl (C=O) groups excluding carboxylic acids is 1. The van der Waals surface area contributed by atoms with Crippen molar-refractivity contribution in [2.24, 2.45) is 0 Å². The van der Waals surface area contributed by atoms with Crippen LogP contribution in [0.1, 0.15) is 21.1 Å². The molecule has 0 spiro atoms. The number of aryl methyl sites for hydroxylation is 1. The maximum Gasteiger partial charge on any atom is 0.259 e. The van der Waals surface area contributed by atoms with E-state index >= 15 is 0 Å². The van der Waals surface area contributed by atoms with Crippen LogP contribution < -0.4 is 14.5 Å². The summed E-state index contributed by atoms with van der Waals surface area (Å²) in [6, 6.07) is 15.0. The van der Waals surface area contributed by atoms with Crippen molar-refractivity contribution in [1.82, 2.24) is 15.0 Å². The Kier molecular flexibility index (Phi) is 4.99. The summed E-state index contributed by atoms with van der Waals surface area (Å²) in [4.78, 5) is 31.1. The molecule has 0 N–H and O–H groups in total. The third-order valence-electron chi connectivity index (χ3n) is 5.19. The molecule has 156 valence electrons. The number of hydrogen-bond acceptors (Lipinski definition) is 7. The van der Waals surface area contributed by atoms with Crippen molar-refractivity contribution in [2.75, 3.05) is 29.9 Å². The predicted molar refractivity (Wildman–Crippen MR) is 122 cm³/mol. The summed E-state index contributed by atoms with van der Waals surface area (Å²) < 4.78 is 5.86. The van der Waals surface area contributed by atoms with Gasteiger partial charge in [0.1, 0.15) is 12.4 Å². The van der Waals surface area contributed by atoms with E-state index in [1.165, 1.54) is 0 Å². The second-order valence-electron chi connectivity index (χ2n) is 7.41. The first-order chi connectivity index (χ1) is 15.1. The highest BCUT2D eigenvalue weighted by molar-refractivity contribution is 7.09. The lowest BCUT2D eigenvalue weighted by Crippen LogP contribution is -2.43. The second kappa shape index (κ2) is 7.96. The number of rotatable bonds is 4. The molecule has 31 heavy (non-hydrogen) atoms. The zero-order chi connectivity index (χ0) is 21.4. The van der Waals surface area contributed by atoms with Crippen LogP contribution in [0.5, 0.6) is 5.75 Å². The number of fused-ring (bicyclic) bond motifs is 2. The number of hydrogen-bond donors (Lipinski definition) is 0. The van der Waals surface area contributed by atoms with E-state index in [-0.39, 0.29) is 5.91 Å². The molecule has 2 aromatic heterocycles. The lowest BCUT2D eigenvalue weighted by molar-refractivity contribution is 0.0985. The number of nitrogens with zero attached hydrogens (tertiary/aromatic N) is 5. The summed E-state index contributed by atoms with van der Waals surface area (Å²) in [6.07, 6.45) is 0. The van der Waals surface area contributed by atoms with E-state index in [0.717, 1.165) is 21.7 Å². The van der Waals surface area contributed by atoms with Crippen molar-refractivity contribution < 1.29 is 9.53 Å². The number of anilines is 2. The van der Waals surface area contributed by atoms with Gasteiger partial charge in [-0.05, 0) is 37.3 Å². The molecule has 0 aliphatic carbocycles. The average molecular weight is 432 g/mol. The molecular formula is C23H21N5O2S. The van der Waals surface area contributed by atoms with Gasteiger partial charge in [-0.25, -0.2) is 15.0 Å². The summed E-state index contributed by atoms with van der Waals surface area (Å²) in [5.41, 5.74) is 3.02. The molecule has 0 unspecified atom stereocenters. The topological polar surface area (TPSA) is 71.5 Å². The fourth-order valence-corrected chi connectivity index (χ4v) is 4.18. The van der Waals surface area contributed by atoms with Crippen LogP contribution in [0.2, 0.25) is 0 Å². The Balaban J connectivity index is 1.43. The van der Waals surface area contributed by atoms with Crippen molar-refractivity contribution in [2.45, 2.75) is 13.5 Å². The van der Waals surface area contributed by atoms with Gasteiger partial charge in [-0.1, -0.05) is 18.2 Å². The minimum Gasteiger partial charge on any atom is -0.487 e. The number of aromatic nitrogens is 3. The van der Waals surface area contributed by atoms with Gasteiger partial charge in [0.15, 0.2) is 11.6 Å². The molecule has 0 radical (unpaired) electrons. The Labute approximate surface area is 184 Å². The van der Waals surface area contributed by atoms with Crippen molar-refractivity contribution in [3.05, 3.63) is 70.2 Å². The fraction of sp³-hybridized carbons (Fsp3) is 0.217. The smallest absolute Gasteiger partial charge is 0.259 e. The third kappa shape index (κ3) is 3.82. The summed E-state index contributed by atoms with van der Waals surface area (Å²) in [7, 11) is 1.97. The summed E-state index contributed by atoms with van der Waals surface area (Å²) in [5.74, 6) is 1.82. The van der Waals surface area contributed by atoms with Crippen LogP contribution in [0.25, 0.3) is 11.0 Å². The lowest BCUT2D eigenvalue weighted by Gasteiger charge is -2.33. The Morgan fingerprint density at radius 3 is 2.55 bits per heavy atom. The fourth-order valence-electron chi connectivity index (χ4n) is 3.58. The van der Waals surface area contributed by atoms with E-state index in [4.69, 9.17) is 14.7 Å². The number of likely N-dealkylation sites (N-methyl/N-ethyl adjacent to an activating group) is 1. The van der Waals surface area contributed by atoms with Crippen LogP contribution in [0.4, 0.5) is 11.6 Å². The normalized spacial score (nSPS) is 13.4. The molecule has 0 atom stereocenters. The SMILES string of the molecule is Cc1nc(COc2cccc(C(=O)N3CCN(C)c4nc5ccccc5nc43)c2)cs1. The second-order valence-corrected chi connectivity index (χ2v) is 8.47. The molecule has 4 aromatic rings. The van der Waals surface area contributed by atoms with E-state index in [9.17, 15) is 4.79 Å². The molecule has 1 amide bonds. The summed E-state index contributed by atoms with van der Waals surface area (Å²) in [5, 5.41) is 2.99. The predicted octanol–water partition coefficient (Wildman–Crippen LogP) is 4.07. The number of ether oxygens (including phenoxy) is 1. The van der Waals surface area contributed by atoms with Crippen molar-refractivity contribution in [1.29, 1.82) is 0 Å². The van der Waals surface area contributed by atoms with Crippen LogP contribution in [0.15, 0.2) is 53.9 Å². The van der Waals surface area contributed by atoms with Gasteiger partial charge in [0.25, 0.3) is 5.91 Å². The standard InChI is InChI=1S/C23H21N5O2S/c1-15-24-17(14-31-15)13-30-18-7-5-6-16(12-18)23(29)28-11-10-27(2)21-22(28)26-20-9-4-3-8-19(20)25-21/h3-9,12,14H,10-11,13H2,1-2H3. The number of carbonyl (C=O) groups is 1. The van der Waals surface area contributed by atoms with Crippen molar-refractivity contribution in [3.8, 4) is 5.75 Å². The van der Waals surface area contributed by atoms with Crippen LogP contribution in [-0.4, -0.2) is 41.0 Å². The maximum atomic E-state index is 13.4. The van der Waals surface area contributed by atoms with Crippen LogP contribution >= 0.6 is 11.3 Å². The number of thiazole rings is 1. The highest BCUT2D eigenvalue weighted by Gasteiger charge is 2.29. The first-order valence-electron chi connectivity index (χ1n) is 10.0. The molecule has 1 aliphatic heterocycles. The zero-order valence-electron chi connectivity index (χ0n) is 17.3. The minimum absolute atomic E-state index is 0.117. The monoisotopic (exact) mass is 431 g/mol. The Morgan fingerprint density at radius 1 is 1.03 bits per heavy atom. The third-order valence-corrected chi connectivity index (χ3v) is 6.01. The maximum absolute atomic E-state index is 13.4. The Hall–Kier alpha value is -3.52. The van der Waals surface area contributed by atoms with E-state index in [2.05, 4.69) is 4.98 Å². The van der Waals surface area contributed by atoms with Gasteiger partial charge in [0.2, 0.25) is 0 Å². The van der Waals surface area contributed by atoms with Gasteiger partial charge in [0, 0.05) is 31.1 Å². The molecule has 0 bridgehead atoms. The Bertz CT molecular complexity index is 1270. The average Bonchev–Trinajstić information content (AvgIpc) is 3.22. The van der Waals surface area contributed by atoms with Crippen molar-refractivity contribution >= 4 is 39.9 Å².